The highest BCUT2D eigenvalue weighted by Gasteiger charge is 2.21. The number of amides is 1. The van der Waals surface area contributed by atoms with Crippen molar-refractivity contribution in [2.75, 3.05) is 20.3 Å². The van der Waals surface area contributed by atoms with Gasteiger partial charge in [-0.3, -0.25) is 14.9 Å². The lowest BCUT2D eigenvalue weighted by Crippen LogP contribution is -2.30. The Labute approximate surface area is 109 Å². The molecule has 0 radical (unpaired) electrons. The van der Waals surface area contributed by atoms with Crippen LogP contribution in [0.5, 0.6) is 0 Å². The molecule has 1 aromatic rings. The summed E-state index contributed by atoms with van der Waals surface area (Å²) < 4.78 is 18.0. The van der Waals surface area contributed by atoms with E-state index in [0.29, 0.717) is 13.2 Å². The average Bonchev–Trinajstić information content (AvgIpc) is 2.35. The average molecular weight is 270 g/mol. The molecule has 19 heavy (non-hydrogen) atoms. The third kappa shape index (κ3) is 4.29. The number of nitro benzene ring substituents is 1. The molecular weight excluding hydrogens is 255 g/mol. The van der Waals surface area contributed by atoms with E-state index in [1.165, 1.54) is 7.11 Å². The number of ether oxygens (including phenoxy) is 1. The van der Waals surface area contributed by atoms with Gasteiger partial charge in [-0.15, -0.1) is 0 Å². The topological polar surface area (TPSA) is 81.5 Å². The van der Waals surface area contributed by atoms with Gasteiger partial charge in [0.15, 0.2) is 0 Å². The lowest BCUT2D eigenvalue weighted by molar-refractivity contribution is -0.385. The minimum Gasteiger partial charge on any atom is -0.384 e. The molecule has 7 heteroatoms. The lowest BCUT2D eigenvalue weighted by Gasteiger charge is -2.11. The third-order valence-electron chi connectivity index (χ3n) is 2.46. The Hall–Kier alpha value is -2.02. The molecular formula is C12H15FN2O4. The molecule has 0 bridgehead atoms. The normalized spacial score (nSPS) is 11.9. The Morgan fingerprint density at radius 2 is 2.26 bits per heavy atom. The van der Waals surface area contributed by atoms with Gasteiger partial charge in [0.25, 0.3) is 11.6 Å². The Morgan fingerprint density at radius 1 is 1.58 bits per heavy atom. The molecule has 6 nitrogen and oxygen atoms in total. The fourth-order valence-corrected chi connectivity index (χ4v) is 1.55. The van der Waals surface area contributed by atoms with Crippen molar-refractivity contribution < 1.29 is 18.8 Å². The van der Waals surface area contributed by atoms with Crippen LogP contribution in [0.4, 0.5) is 10.1 Å². The summed E-state index contributed by atoms with van der Waals surface area (Å²) in [5.41, 5.74) is -0.701. The quantitative estimate of drug-likeness (QED) is 0.630. The summed E-state index contributed by atoms with van der Waals surface area (Å²) in [7, 11) is 1.54. The predicted octanol–water partition coefficient (Wildman–Crippen LogP) is 1.75. The van der Waals surface area contributed by atoms with Crippen LogP contribution in [-0.2, 0) is 4.74 Å². The van der Waals surface area contributed by atoms with E-state index >= 15 is 0 Å². The second kappa shape index (κ2) is 6.79. The predicted molar refractivity (Wildman–Crippen MR) is 66.4 cm³/mol. The zero-order chi connectivity index (χ0) is 14.4. The van der Waals surface area contributed by atoms with E-state index in [1.807, 2.05) is 6.92 Å². The van der Waals surface area contributed by atoms with Gasteiger partial charge in [-0.25, -0.2) is 4.39 Å². The summed E-state index contributed by atoms with van der Waals surface area (Å²) in [5.74, 6) is -1.31. The highest BCUT2D eigenvalue weighted by Crippen LogP contribution is 2.19. The van der Waals surface area contributed by atoms with Gasteiger partial charge in [-0.1, -0.05) is 6.92 Å². The molecule has 1 unspecified atom stereocenters. The Morgan fingerprint density at radius 3 is 2.84 bits per heavy atom. The van der Waals surface area contributed by atoms with Crippen molar-refractivity contribution in [1.82, 2.24) is 5.32 Å². The maximum atomic E-state index is 13.1. The second-order valence-corrected chi connectivity index (χ2v) is 4.19. The molecule has 0 saturated carbocycles. The van der Waals surface area contributed by atoms with Crippen LogP contribution < -0.4 is 5.32 Å². The summed E-state index contributed by atoms with van der Waals surface area (Å²) >= 11 is 0. The van der Waals surface area contributed by atoms with Gasteiger partial charge in [0.1, 0.15) is 11.4 Å². The Kier molecular flexibility index (Phi) is 5.37. The van der Waals surface area contributed by atoms with Crippen LogP contribution in [0.1, 0.15) is 17.3 Å². The first-order valence-electron chi connectivity index (χ1n) is 5.66. The number of nitrogens with zero attached hydrogens (tertiary/aromatic N) is 1. The van der Waals surface area contributed by atoms with Gasteiger partial charge in [-0.05, 0) is 18.1 Å². The number of methoxy groups -OCH3 is 1. The first kappa shape index (κ1) is 15.0. The fourth-order valence-electron chi connectivity index (χ4n) is 1.55. The first-order valence-corrected chi connectivity index (χ1v) is 5.66. The van der Waals surface area contributed by atoms with E-state index in [-0.39, 0.29) is 11.5 Å². The molecule has 1 aromatic carbocycles. The van der Waals surface area contributed by atoms with Crippen LogP contribution in [0.15, 0.2) is 18.2 Å². The van der Waals surface area contributed by atoms with E-state index in [2.05, 4.69) is 5.32 Å². The van der Waals surface area contributed by atoms with Gasteiger partial charge in [0.05, 0.1) is 11.5 Å². The van der Waals surface area contributed by atoms with E-state index in [0.717, 1.165) is 18.2 Å². The number of rotatable bonds is 6. The van der Waals surface area contributed by atoms with E-state index < -0.39 is 22.3 Å². The van der Waals surface area contributed by atoms with E-state index in [9.17, 15) is 19.3 Å². The summed E-state index contributed by atoms with van der Waals surface area (Å²) in [4.78, 5) is 21.9. The SMILES string of the molecule is COCC(C)CNC(=O)c1cc(F)ccc1[N+](=O)[O-]. The number of hydrogen-bond donors (Lipinski definition) is 1. The van der Waals surface area contributed by atoms with E-state index in [1.54, 1.807) is 0 Å². The Balaban J connectivity index is 2.81. The highest BCUT2D eigenvalue weighted by atomic mass is 19.1. The van der Waals surface area contributed by atoms with E-state index in [4.69, 9.17) is 4.74 Å². The smallest absolute Gasteiger partial charge is 0.282 e. The van der Waals surface area contributed by atoms with Crippen molar-refractivity contribution in [2.24, 2.45) is 5.92 Å². The van der Waals surface area contributed by atoms with Crippen molar-refractivity contribution in [1.29, 1.82) is 0 Å². The zero-order valence-corrected chi connectivity index (χ0v) is 10.7. The zero-order valence-electron chi connectivity index (χ0n) is 10.7. The molecule has 1 amide bonds. The minimum absolute atomic E-state index is 0.0570. The Bertz CT molecular complexity index is 479. The molecule has 0 aliphatic rings. The second-order valence-electron chi connectivity index (χ2n) is 4.19. The fraction of sp³-hybridized carbons (Fsp3) is 0.417. The van der Waals surface area contributed by atoms with Crippen molar-refractivity contribution >= 4 is 11.6 Å². The van der Waals surface area contributed by atoms with Crippen molar-refractivity contribution in [3.63, 3.8) is 0 Å². The largest absolute Gasteiger partial charge is 0.384 e. The molecule has 0 aromatic heterocycles. The van der Waals surface area contributed by atoms with Gasteiger partial charge in [0.2, 0.25) is 0 Å². The number of benzene rings is 1. The molecule has 104 valence electrons. The maximum Gasteiger partial charge on any atom is 0.282 e. The highest BCUT2D eigenvalue weighted by molar-refractivity contribution is 5.98. The van der Waals surface area contributed by atoms with Crippen molar-refractivity contribution in [3.8, 4) is 0 Å². The summed E-state index contributed by atoms with van der Waals surface area (Å²) in [6.07, 6.45) is 0. The van der Waals surface area contributed by atoms with Crippen molar-refractivity contribution in [2.45, 2.75) is 6.92 Å². The standard InChI is InChI=1S/C12H15FN2O4/c1-8(7-19-2)6-14-12(16)10-5-9(13)3-4-11(10)15(17)18/h3-5,8H,6-7H2,1-2H3,(H,14,16). The van der Waals surface area contributed by atoms with Gasteiger partial charge in [-0.2, -0.15) is 0 Å². The molecule has 0 heterocycles. The third-order valence-corrected chi connectivity index (χ3v) is 2.46. The number of carbonyl (C=O) groups is 1. The minimum atomic E-state index is -0.715. The molecule has 0 saturated heterocycles. The van der Waals surface area contributed by atoms with Crippen molar-refractivity contribution in [3.05, 3.63) is 39.7 Å². The number of nitro groups is 1. The number of halogens is 1. The number of carbonyl (C=O) groups excluding carboxylic acids is 1. The summed E-state index contributed by atoms with van der Waals surface area (Å²) in [6.45, 7) is 2.59. The molecule has 1 rings (SSSR count). The molecule has 0 aliphatic carbocycles. The van der Waals surface area contributed by atoms with Crippen LogP contribution in [0.25, 0.3) is 0 Å². The molecule has 0 fully saturated rings. The van der Waals surface area contributed by atoms with Gasteiger partial charge >= 0.3 is 0 Å². The number of nitrogens with one attached hydrogen (secondary N) is 1. The lowest BCUT2D eigenvalue weighted by atomic mass is 10.1. The maximum absolute atomic E-state index is 13.1. The molecule has 0 spiro atoms. The van der Waals surface area contributed by atoms with Gasteiger partial charge in [0, 0.05) is 19.7 Å². The first-order chi connectivity index (χ1) is 8.95. The van der Waals surface area contributed by atoms with Crippen LogP contribution >= 0.6 is 0 Å². The van der Waals surface area contributed by atoms with Crippen LogP contribution in [0.3, 0.4) is 0 Å². The molecule has 0 aliphatic heterocycles. The van der Waals surface area contributed by atoms with Crippen LogP contribution in [-0.4, -0.2) is 31.1 Å². The van der Waals surface area contributed by atoms with Crippen LogP contribution in [0, 0.1) is 21.8 Å². The van der Waals surface area contributed by atoms with Gasteiger partial charge < -0.3 is 10.1 Å². The number of hydrogen-bond acceptors (Lipinski definition) is 4. The molecule has 1 N–H and O–H groups in total. The molecule has 1 atom stereocenters. The van der Waals surface area contributed by atoms with Crippen LogP contribution in [0.2, 0.25) is 0 Å². The summed E-state index contributed by atoms with van der Waals surface area (Å²) in [6, 6.07) is 2.78. The summed E-state index contributed by atoms with van der Waals surface area (Å²) in [5, 5.41) is 13.3. The monoisotopic (exact) mass is 270 g/mol.